The van der Waals surface area contributed by atoms with E-state index in [2.05, 4.69) is 15.7 Å². The van der Waals surface area contributed by atoms with Gasteiger partial charge >= 0.3 is 5.97 Å². The largest absolute Gasteiger partial charge is 0.478 e. The van der Waals surface area contributed by atoms with Crippen molar-refractivity contribution in [1.29, 1.82) is 0 Å². The number of hydrogen-bond acceptors (Lipinski definition) is 10. The number of carbonyl (C=O) groups excluding carboxylic acids is 1. The molecule has 0 aliphatic heterocycles. The van der Waals surface area contributed by atoms with Crippen molar-refractivity contribution in [2.45, 2.75) is 20.1 Å². The van der Waals surface area contributed by atoms with E-state index in [1.807, 2.05) is 25.1 Å². The predicted molar refractivity (Wildman–Crippen MR) is 174 cm³/mol. The summed E-state index contributed by atoms with van der Waals surface area (Å²) in [6.07, 6.45) is 0. The monoisotopic (exact) mass is 651 g/mol. The maximum Gasteiger partial charge on any atom is 0.336 e. The van der Waals surface area contributed by atoms with Crippen LogP contribution in [0.4, 0.5) is 17.1 Å². The third kappa shape index (κ3) is 8.30. The zero-order valence-corrected chi connectivity index (χ0v) is 25.4. The molecule has 0 saturated heterocycles. The number of aryl methyl sites for hydroxylation is 1. The highest BCUT2D eigenvalue weighted by Gasteiger charge is 2.27. The number of aromatic carboxylic acids is 1. The van der Waals surface area contributed by atoms with Gasteiger partial charge < -0.3 is 19.9 Å². The van der Waals surface area contributed by atoms with Gasteiger partial charge in [0.05, 0.1) is 16.2 Å². The molecule has 0 radical (unpaired) electrons. The Morgan fingerprint density at radius 1 is 0.750 bits per heavy atom. The van der Waals surface area contributed by atoms with E-state index in [-0.39, 0.29) is 18.9 Å². The average Bonchev–Trinajstić information content (AvgIpc) is 3.08. The van der Waals surface area contributed by atoms with Crippen molar-refractivity contribution in [1.82, 2.24) is 0 Å². The van der Waals surface area contributed by atoms with Crippen LogP contribution in [0.1, 0.15) is 37.4 Å². The fourth-order valence-corrected chi connectivity index (χ4v) is 4.71. The molecule has 13 heteroatoms. The summed E-state index contributed by atoms with van der Waals surface area (Å²) >= 11 is 0. The third-order valence-corrected chi connectivity index (χ3v) is 7.09. The Morgan fingerprint density at radius 3 is 1.83 bits per heavy atom. The Bertz CT molecular complexity index is 1880. The minimum Gasteiger partial charge on any atom is -0.478 e. The van der Waals surface area contributed by atoms with E-state index in [1.54, 1.807) is 60.7 Å². The van der Waals surface area contributed by atoms with E-state index in [4.69, 9.17) is 19.6 Å². The van der Waals surface area contributed by atoms with Crippen molar-refractivity contribution in [2.24, 2.45) is 0 Å². The van der Waals surface area contributed by atoms with Crippen LogP contribution in [0, 0.1) is 17.0 Å². The number of rotatable bonds is 14. The van der Waals surface area contributed by atoms with Crippen molar-refractivity contribution in [2.75, 3.05) is 10.8 Å². The number of amides is 1. The van der Waals surface area contributed by atoms with Gasteiger partial charge in [-0.15, -0.1) is 0 Å². The number of ether oxygens (including phenoxy) is 2. The molecule has 0 unspecified atom stereocenters. The van der Waals surface area contributed by atoms with E-state index in [9.17, 15) is 24.8 Å². The van der Waals surface area contributed by atoms with Gasteiger partial charge in [-0.2, -0.15) is 0 Å². The molecule has 244 valence electrons. The highest BCUT2D eigenvalue weighted by Crippen LogP contribution is 2.29. The first-order valence-electron chi connectivity index (χ1n) is 14.4. The number of carboxylic acids is 1. The molecule has 13 nitrogen and oxygen atoms in total. The van der Waals surface area contributed by atoms with Crippen LogP contribution < -0.4 is 20.3 Å². The van der Waals surface area contributed by atoms with Crippen molar-refractivity contribution in [3.8, 4) is 23.0 Å². The maximum absolute atomic E-state index is 12.8. The fraction of sp³-hybridized carbons (Fsp3) is 0.0857. The van der Waals surface area contributed by atoms with Crippen LogP contribution in [0.5, 0.6) is 23.0 Å². The molecule has 0 saturated carbocycles. The summed E-state index contributed by atoms with van der Waals surface area (Å²) in [6, 6.07) is 29.4. The van der Waals surface area contributed by atoms with Crippen molar-refractivity contribution >= 4 is 28.9 Å². The number of carboxylic acid groups (broad SMARTS) is 1. The molecule has 0 spiro atoms. The minimum absolute atomic E-state index is 0.0693. The second-order valence-corrected chi connectivity index (χ2v) is 10.3. The topological polar surface area (TPSA) is 179 Å². The highest BCUT2D eigenvalue weighted by molar-refractivity contribution is 6.13. The molecule has 48 heavy (non-hydrogen) atoms. The molecule has 0 atom stereocenters. The van der Waals surface area contributed by atoms with Gasteiger partial charge in [-0.1, -0.05) is 24.3 Å². The number of hydrogen-bond donors (Lipinski definition) is 4. The Labute approximate surface area is 273 Å². The maximum atomic E-state index is 12.8. The standard InChI is InChI=1S/C35H29N3O10/c1-22-4-2-5-23(20-46-44)31(22)21-45-37-25-10-14-27(15-11-25)48-29-18-16-28(17-19-29)47-26-12-8-24(9-13-26)36-34(39)33-30(35(40)41)6-3-7-32(33)38(42)43/h2-19,37,44H,20-21H2,1H3,(H,36,39)(H,40,41). The van der Waals surface area contributed by atoms with Crippen LogP contribution in [0.15, 0.2) is 109 Å². The molecule has 0 aliphatic rings. The fourth-order valence-electron chi connectivity index (χ4n) is 4.71. The van der Waals surface area contributed by atoms with Gasteiger partial charge in [0.1, 0.15) is 41.8 Å². The van der Waals surface area contributed by atoms with Crippen LogP contribution in [0.2, 0.25) is 0 Å². The molecule has 4 N–H and O–H groups in total. The number of nitro benzene ring substituents is 1. The lowest BCUT2D eigenvalue weighted by Crippen LogP contribution is -2.18. The molecule has 0 bridgehead atoms. The summed E-state index contributed by atoms with van der Waals surface area (Å²) in [6.45, 7) is 2.30. The molecule has 0 aromatic heterocycles. The zero-order chi connectivity index (χ0) is 34.0. The van der Waals surface area contributed by atoms with Gasteiger partial charge in [-0.05, 0) is 102 Å². The van der Waals surface area contributed by atoms with E-state index >= 15 is 0 Å². The Morgan fingerprint density at radius 2 is 1.29 bits per heavy atom. The minimum atomic E-state index is -1.46. The second kappa shape index (κ2) is 15.3. The zero-order valence-electron chi connectivity index (χ0n) is 25.4. The number of nitrogens with zero attached hydrogens (tertiary/aromatic N) is 1. The molecule has 0 heterocycles. The first kappa shape index (κ1) is 33.1. The summed E-state index contributed by atoms with van der Waals surface area (Å²) in [5.41, 5.74) is 5.04. The summed E-state index contributed by atoms with van der Waals surface area (Å²) in [4.78, 5) is 44.9. The molecule has 5 rings (SSSR count). The van der Waals surface area contributed by atoms with E-state index in [0.29, 0.717) is 23.0 Å². The SMILES string of the molecule is Cc1cccc(COO)c1CONc1ccc(Oc2ccc(Oc3ccc(NC(=O)c4c(C(=O)O)cccc4[N+](=O)[O-])cc3)cc2)cc1. The van der Waals surface area contributed by atoms with Crippen molar-refractivity contribution in [3.63, 3.8) is 0 Å². The van der Waals surface area contributed by atoms with Gasteiger partial charge in [0.2, 0.25) is 0 Å². The molecule has 0 aliphatic carbocycles. The number of nitrogens with one attached hydrogen (secondary N) is 2. The molecule has 0 fully saturated rings. The van der Waals surface area contributed by atoms with Crippen LogP contribution in [0.25, 0.3) is 0 Å². The predicted octanol–water partition coefficient (Wildman–Crippen LogP) is 7.97. The quantitative estimate of drug-likeness (QED) is 0.0520. The smallest absolute Gasteiger partial charge is 0.336 e. The summed E-state index contributed by atoms with van der Waals surface area (Å²) < 4.78 is 11.8. The lowest BCUT2D eigenvalue weighted by molar-refractivity contribution is -0.385. The van der Waals surface area contributed by atoms with Crippen LogP contribution in [-0.2, 0) is 22.9 Å². The third-order valence-electron chi connectivity index (χ3n) is 7.09. The molecular formula is C35H29N3O10. The Hall–Kier alpha value is -6.28. The Balaban J connectivity index is 1.13. The van der Waals surface area contributed by atoms with Crippen molar-refractivity contribution < 1.29 is 44.1 Å². The van der Waals surface area contributed by atoms with Crippen LogP contribution >= 0.6 is 0 Å². The summed E-state index contributed by atoms with van der Waals surface area (Å²) in [7, 11) is 0. The normalized spacial score (nSPS) is 10.6. The first-order chi connectivity index (χ1) is 23.2. The average molecular weight is 652 g/mol. The lowest BCUT2D eigenvalue weighted by Gasteiger charge is -2.13. The number of nitro groups is 1. The number of carbonyl (C=O) groups is 2. The molecular weight excluding hydrogens is 622 g/mol. The van der Waals surface area contributed by atoms with E-state index in [0.717, 1.165) is 34.5 Å². The van der Waals surface area contributed by atoms with Gasteiger partial charge in [-0.3, -0.25) is 30.5 Å². The number of anilines is 2. The number of benzene rings is 5. The Kier molecular flexibility index (Phi) is 10.6. The molecule has 5 aromatic carbocycles. The van der Waals surface area contributed by atoms with Crippen LogP contribution in [0.3, 0.4) is 0 Å². The van der Waals surface area contributed by atoms with Gasteiger partial charge in [0.15, 0.2) is 0 Å². The summed E-state index contributed by atoms with van der Waals surface area (Å²) in [5, 5.41) is 32.1. The van der Waals surface area contributed by atoms with Gasteiger partial charge in [-0.25, -0.2) is 9.68 Å². The van der Waals surface area contributed by atoms with Gasteiger partial charge in [0, 0.05) is 11.8 Å². The highest BCUT2D eigenvalue weighted by atomic mass is 17.1. The summed E-state index contributed by atoms with van der Waals surface area (Å²) in [5.74, 6) is -0.240. The van der Waals surface area contributed by atoms with E-state index in [1.165, 1.54) is 18.2 Å². The molecule has 1 amide bonds. The second-order valence-electron chi connectivity index (χ2n) is 10.3. The molecule has 5 aromatic rings. The lowest BCUT2D eigenvalue weighted by atomic mass is 10.0. The van der Waals surface area contributed by atoms with E-state index < -0.39 is 33.6 Å². The van der Waals surface area contributed by atoms with Crippen LogP contribution in [-0.4, -0.2) is 27.2 Å². The van der Waals surface area contributed by atoms with Gasteiger partial charge in [0.25, 0.3) is 11.6 Å². The first-order valence-corrected chi connectivity index (χ1v) is 14.4. The van der Waals surface area contributed by atoms with Crippen molar-refractivity contribution in [3.05, 3.63) is 147 Å².